The average molecular weight is 337 g/mol. The van der Waals surface area contributed by atoms with Gasteiger partial charge in [0.2, 0.25) is 0 Å². The highest BCUT2D eigenvalue weighted by atomic mass is 32.2. The lowest BCUT2D eigenvalue weighted by atomic mass is 10.1. The molecule has 0 radical (unpaired) electrons. The molecular weight excluding hydrogens is 322 g/mol. The number of thioether (sulfide) groups is 1. The molecule has 2 rings (SSSR count). The summed E-state index contributed by atoms with van der Waals surface area (Å²) in [4.78, 5) is 25.7. The molecular formula is C15H15NO4S2. The van der Waals surface area contributed by atoms with Gasteiger partial charge >= 0.3 is 5.97 Å². The summed E-state index contributed by atoms with van der Waals surface area (Å²) in [6, 6.07) is 6.64. The van der Waals surface area contributed by atoms with E-state index in [0.29, 0.717) is 14.8 Å². The number of hydrogen-bond acceptors (Lipinski definition) is 6. The number of thiocarbonyl (C=S) groups is 1. The lowest BCUT2D eigenvalue weighted by Gasteiger charge is -2.13. The third-order valence-corrected chi connectivity index (χ3v) is 4.61. The van der Waals surface area contributed by atoms with Crippen LogP contribution in [0.2, 0.25) is 0 Å². The Morgan fingerprint density at radius 3 is 2.82 bits per heavy atom. The molecule has 1 aromatic carbocycles. The summed E-state index contributed by atoms with van der Waals surface area (Å²) >= 11 is 6.32. The van der Waals surface area contributed by atoms with E-state index in [4.69, 9.17) is 17.0 Å². The zero-order valence-corrected chi connectivity index (χ0v) is 13.8. The number of amides is 1. The van der Waals surface area contributed by atoms with E-state index < -0.39 is 5.97 Å². The van der Waals surface area contributed by atoms with Crippen LogP contribution in [0, 0.1) is 0 Å². The second kappa shape index (κ2) is 6.93. The first kappa shape index (κ1) is 16.5. The van der Waals surface area contributed by atoms with Gasteiger partial charge in [-0.25, -0.2) is 0 Å². The number of benzene rings is 1. The molecule has 1 amide bonds. The Morgan fingerprint density at radius 2 is 2.18 bits per heavy atom. The highest BCUT2D eigenvalue weighted by molar-refractivity contribution is 8.26. The van der Waals surface area contributed by atoms with Crippen LogP contribution in [0.4, 0.5) is 0 Å². The molecule has 0 saturated carbocycles. The molecule has 1 fully saturated rings. The molecule has 22 heavy (non-hydrogen) atoms. The molecule has 7 heteroatoms. The molecule has 0 spiro atoms. The van der Waals surface area contributed by atoms with Gasteiger partial charge in [0.05, 0.1) is 11.5 Å². The van der Waals surface area contributed by atoms with Crippen molar-refractivity contribution in [3.8, 4) is 5.75 Å². The third-order valence-electron chi connectivity index (χ3n) is 3.06. The van der Waals surface area contributed by atoms with Gasteiger partial charge in [0.1, 0.15) is 16.6 Å². The van der Waals surface area contributed by atoms with E-state index in [1.54, 1.807) is 38.1 Å². The van der Waals surface area contributed by atoms with Crippen LogP contribution in [-0.4, -0.2) is 39.4 Å². The van der Waals surface area contributed by atoms with Crippen molar-refractivity contribution in [1.29, 1.82) is 0 Å². The van der Waals surface area contributed by atoms with Crippen LogP contribution in [0.3, 0.4) is 0 Å². The minimum atomic E-state index is -0.491. The van der Waals surface area contributed by atoms with Gasteiger partial charge in [-0.1, -0.05) is 36.1 Å². The molecule has 116 valence electrons. The van der Waals surface area contributed by atoms with Crippen molar-refractivity contribution in [2.75, 3.05) is 13.2 Å². The SMILES string of the molecule is CCOC(=O)CN1C(=O)/C(=C(\C)c2cccc(O)c2)SC1=S. The Bertz CT molecular complexity index is 669. The van der Waals surface area contributed by atoms with Gasteiger partial charge in [-0.2, -0.15) is 0 Å². The molecule has 0 unspecified atom stereocenters. The molecule has 1 N–H and O–H groups in total. The number of nitrogens with zero attached hydrogens (tertiary/aromatic N) is 1. The van der Waals surface area contributed by atoms with Gasteiger partial charge in [0.25, 0.3) is 5.91 Å². The average Bonchev–Trinajstić information content (AvgIpc) is 2.75. The number of phenolic OH excluding ortho intramolecular Hbond substituents is 1. The largest absolute Gasteiger partial charge is 0.508 e. The van der Waals surface area contributed by atoms with Crippen molar-refractivity contribution in [3.05, 3.63) is 34.7 Å². The number of aromatic hydroxyl groups is 1. The van der Waals surface area contributed by atoms with E-state index in [9.17, 15) is 14.7 Å². The summed E-state index contributed by atoms with van der Waals surface area (Å²) in [6.07, 6.45) is 0. The van der Waals surface area contributed by atoms with E-state index >= 15 is 0 Å². The number of allylic oxidation sites excluding steroid dienone is 1. The first-order valence-corrected chi connectivity index (χ1v) is 7.86. The zero-order valence-electron chi connectivity index (χ0n) is 12.2. The Morgan fingerprint density at radius 1 is 1.45 bits per heavy atom. The molecule has 1 aliphatic heterocycles. The van der Waals surface area contributed by atoms with Gasteiger partial charge in [0.15, 0.2) is 0 Å². The maximum absolute atomic E-state index is 12.4. The topological polar surface area (TPSA) is 66.8 Å². The van der Waals surface area contributed by atoms with Crippen molar-refractivity contribution in [1.82, 2.24) is 4.90 Å². The van der Waals surface area contributed by atoms with Crippen molar-refractivity contribution < 1.29 is 19.4 Å². The van der Waals surface area contributed by atoms with Crippen LogP contribution in [0.15, 0.2) is 29.2 Å². The molecule has 0 bridgehead atoms. The monoisotopic (exact) mass is 337 g/mol. The highest BCUT2D eigenvalue weighted by Gasteiger charge is 2.35. The lowest BCUT2D eigenvalue weighted by Crippen LogP contribution is -2.34. The molecule has 1 saturated heterocycles. The minimum Gasteiger partial charge on any atom is -0.508 e. The van der Waals surface area contributed by atoms with Crippen molar-refractivity contribution in [2.45, 2.75) is 13.8 Å². The first-order valence-electron chi connectivity index (χ1n) is 6.63. The van der Waals surface area contributed by atoms with E-state index in [1.807, 2.05) is 0 Å². The number of carbonyl (C=O) groups excluding carboxylic acids is 2. The smallest absolute Gasteiger partial charge is 0.326 e. The summed E-state index contributed by atoms with van der Waals surface area (Å²) in [5.74, 6) is -0.683. The number of esters is 1. The Labute approximate surface area is 137 Å². The number of phenols is 1. The molecule has 1 aliphatic rings. The van der Waals surface area contributed by atoms with Gasteiger partial charge in [-0.05, 0) is 37.1 Å². The Balaban J connectivity index is 2.27. The summed E-state index contributed by atoms with van der Waals surface area (Å²) in [6.45, 7) is 3.56. The quantitative estimate of drug-likeness (QED) is 0.517. The van der Waals surface area contributed by atoms with Gasteiger partial charge in [-0.15, -0.1) is 0 Å². The van der Waals surface area contributed by atoms with E-state index in [2.05, 4.69) is 0 Å². The molecule has 1 heterocycles. The van der Waals surface area contributed by atoms with Crippen LogP contribution in [0.1, 0.15) is 19.4 Å². The van der Waals surface area contributed by atoms with Crippen LogP contribution in [0.5, 0.6) is 5.75 Å². The van der Waals surface area contributed by atoms with E-state index in [-0.39, 0.29) is 24.8 Å². The van der Waals surface area contributed by atoms with Crippen molar-refractivity contribution in [3.63, 3.8) is 0 Å². The van der Waals surface area contributed by atoms with Crippen LogP contribution in [-0.2, 0) is 14.3 Å². The summed E-state index contributed by atoms with van der Waals surface area (Å²) < 4.78 is 5.17. The molecule has 0 aromatic heterocycles. The molecule has 0 aliphatic carbocycles. The lowest BCUT2D eigenvalue weighted by molar-refractivity contribution is -0.145. The van der Waals surface area contributed by atoms with Gasteiger partial charge < -0.3 is 9.84 Å². The zero-order chi connectivity index (χ0) is 16.3. The fourth-order valence-electron chi connectivity index (χ4n) is 1.97. The van der Waals surface area contributed by atoms with Crippen LogP contribution >= 0.6 is 24.0 Å². The summed E-state index contributed by atoms with van der Waals surface area (Å²) in [5, 5.41) is 9.54. The third kappa shape index (κ3) is 3.48. The normalized spacial score (nSPS) is 16.9. The Hall–Kier alpha value is -1.86. The Kier molecular flexibility index (Phi) is 5.20. The highest BCUT2D eigenvalue weighted by Crippen LogP contribution is 2.36. The van der Waals surface area contributed by atoms with Crippen molar-refractivity contribution >= 4 is 45.7 Å². The standard InChI is InChI=1S/C15H15NO4S2/c1-3-20-12(18)8-16-14(19)13(22-15(16)21)9(2)10-5-4-6-11(17)7-10/h4-7,17H,3,8H2,1-2H3/b13-9-. The second-order valence-electron chi connectivity index (χ2n) is 4.57. The van der Waals surface area contributed by atoms with Crippen LogP contribution in [0.25, 0.3) is 5.57 Å². The fraction of sp³-hybridized carbons (Fsp3) is 0.267. The summed E-state index contributed by atoms with van der Waals surface area (Å²) in [5.41, 5.74) is 1.44. The van der Waals surface area contributed by atoms with Gasteiger partial charge in [0, 0.05) is 0 Å². The fourth-order valence-corrected chi connectivity index (χ4v) is 3.27. The van der Waals surface area contributed by atoms with E-state index in [0.717, 1.165) is 17.3 Å². The van der Waals surface area contributed by atoms with Crippen LogP contribution < -0.4 is 0 Å². The van der Waals surface area contributed by atoms with E-state index in [1.165, 1.54) is 4.90 Å². The number of ether oxygens (including phenoxy) is 1. The predicted molar refractivity (Wildman–Crippen MR) is 89.2 cm³/mol. The minimum absolute atomic E-state index is 0.124. The number of hydrogen-bond donors (Lipinski definition) is 1. The predicted octanol–water partition coefficient (Wildman–Crippen LogP) is 2.55. The maximum Gasteiger partial charge on any atom is 0.326 e. The van der Waals surface area contributed by atoms with Crippen molar-refractivity contribution in [2.24, 2.45) is 0 Å². The molecule has 1 aromatic rings. The second-order valence-corrected chi connectivity index (χ2v) is 6.21. The number of carbonyl (C=O) groups is 2. The number of rotatable bonds is 4. The van der Waals surface area contributed by atoms with Gasteiger partial charge in [-0.3, -0.25) is 14.5 Å². The molecule has 5 nitrogen and oxygen atoms in total. The maximum atomic E-state index is 12.4. The summed E-state index contributed by atoms with van der Waals surface area (Å²) in [7, 11) is 0. The molecule has 0 atom stereocenters. The first-order chi connectivity index (χ1) is 10.4.